The average molecular weight is 263 g/mol. The summed E-state index contributed by atoms with van der Waals surface area (Å²) in [6.07, 6.45) is 0.0672. The molecular formula is C18H15O2+. The molecule has 0 aromatic heterocycles. The van der Waals surface area contributed by atoms with Gasteiger partial charge in [0.1, 0.15) is 11.7 Å². The maximum Gasteiger partial charge on any atom is 0.347 e. The van der Waals surface area contributed by atoms with E-state index in [1.165, 1.54) is 16.7 Å². The summed E-state index contributed by atoms with van der Waals surface area (Å²) in [4.78, 5) is 0. The molecule has 2 bridgehead atoms. The Kier molecular flexibility index (Phi) is 2.59. The molecule has 0 spiro atoms. The molecule has 2 aliphatic heterocycles. The van der Waals surface area contributed by atoms with Crippen molar-refractivity contribution in [2.24, 2.45) is 0 Å². The highest BCUT2D eigenvalue weighted by molar-refractivity contribution is 5.65. The Morgan fingerprint density at radius 2 is 1.65 bits per heavy atom. The molecule has 0 saturated carbocycles. The van der Waals surface area contributed by atoms with E-state index in [0.717, 1.165) is 5.57 Å². The van der Waals surface area contributed by atoms with E-state index in [1.807, 2.05) is 6.07 Å². The summed E-state index contributed by atoms with van der Waals surface area (Å²) in [6.45, 7) is 0. The van der Waals surface area contributed by atoms with Crippen LogP contribution in [0.25, 0.3) is 0 Å². The zero-order valence-electron chi connectivity index (χ0n) is 11.2. The van der Waals surface area contributed by atoms with Gasteiger partial charge in [0.2, 0.25) is 0 Å². The summed E-state index contributed by atoms with van der Waals surface area (Å²) < 4.78 is 11.4. The molecule has 1 fully saturated rings. The maximum atomic E-state index is 6.20. The van der Waals surface area contributed by atoms with Crippen molar-refractivity contribution in [2.75, 3.05) is 7.11 Å². The van der Waals surface area contributed by atoms with Gasteiger partial charge in [-0.25, -0.2) is 4.42 Å². The first-order chi connectivity index (χ1) is 9.90. The molecule has 20 heavy (non-hydrogen) atoms. The lowest BCUT2D eigenvalue weighted by Gasteiger charge is -2.21. The molecule has 0 radical (unpaired) electrons. The van der Waals surface area contributed by atoms with Gasteiger partial charge in [-0.15, -0.1) is 0 Å². The minimum atomic E-state index is -0.0126. The molecule has 3 unspecified atom stereocenters. The van der Waals surface area contributed by atoms with E-state index in [1.54, 1.807) is 7.11 Å². The summed E-state index contributed by atoms with van der Waals surface area (Å²) >= 11 is 0. The first kappa shape index (κ1) is 11.7. The predicted octanol–water partition coefficient (Wildman–Crippen LogP) is 3.52. The Morgan fingerprint density at radius 3 is 2.40 bits per heavy atom. The zero-order chi connectivity index (χ0) is 13.5. The summed E-state index contributed by atoms with van der Waals surface area (Å²) in [5.41, 5.74) is 4.91. The molecule has 4 rings (SSSR count). The Labute approximate surface area is 118 Å². The van der Waals surface area contributed by atoms with Crippen LogP contribution in [0.1, 0.15) is 34.8 Å². The number of carbonyl (C=O) groups excluding carboxylic acids is 1. The van der Waals surface area contributed by atoms with Crippen LogP contribution in [0.2, 0.25) is 0 Å². The summed E-state index contributed by atoms with van der Waals surface area (Å²) in [5, 5.41) is 0. The molecule has 2 aromatic carbocycles. The van der Waals surface area contributed by atoms with Crippen LogP contribution in [0, 0.1) is 0 Å². The van der Waals surface area contributed by atoms with Gasteiger partial charge in [-0.1, -0.05) is 54.6 Å². The lowest BCUT2D eigenvalue weighted by Crippen LogP contribution is -2.12. The predicted molar refractivity (Wildman–Crippen MR) is 77.3 cm³/mol. The molecule has 2 heterocycles. The van der Waals surface area contributed by atoms with Gasteiger partial charge in [0.15, 0.2) is 0 Å². The third kappa shape index (κ3) is 1.53. The minimum Gasteiger partial charge on any atom is -0.359 e. The van der Waals surface area contributed by atoms with Crippen molar-refractivity contribution in [1.82, 2.24) is 0 Å². The van der Waals surface area contributed by atoms with Crippen LogP contribution in [-0.4, -0.2) is 13.1 Å². The van der Waals surface area contributed by atoms with Crippen LogP contribution in [0.4, 0.5) is 0 Å². The summed E-state index contributed by atoms with van der Waals surface area (Å²) in [6, 6.07) is 18.9. The van der Waals surface area contributed by atoms with Gasteiger partial charge in [0.25, 0.3) is 7.11 Å². The highest BCUT2D eigenvalue weighted by Gasteiger charge is 2.51. The minimum absolute atomic E-state index is 0.0126. The zero-order valence-corrected chi connectivity index (χ0v) is 11.2. The number of hydrogen-bond acceptors (Lipinski definition) is 1. The average Bonchev–Trinajstić information content (AvgIpc) is 3.05. The number of hydrogen-bond donors (Lipinski definition) is 0. The summed E-state index contributed by atoms with van der Waals surface area (Å²) in [5.74, 6) is 3.26. The van der Waals surface area contributed by atoms with Crippen molar-refractivity contribution in [1.29, 1.82) is 0 Å². The monoisotopic (exact) mass is 263 g/mol. The van der Waals surface area contributed by atoms with Crippen molar-refractivity contribution in [3.8, 4) is 0 Å². The topological polar surface area (TPSA) is 20.5 Å². The van der Waals surface area contributed by atoms with Gasteiger partial charge in [-0.2, -0.15) is 0 Å². The fourth-order valence-electron chi connectivity index (χ4n) is 3.38. The van der Waals surface area contributed by atoms with Crippen LogP contribution >= 0.6 is 0 Å². The third-order valence-corrected chi connectivity index (χ3v) is 4.17. The summed E-state index contributed by atoms with van der Waals surface area (Å²) in [7, 11) is 1.65. The van der Waals surface area contributed by atoms with Gasteiger partial charge in [-0.3, -0.25) is 0 Å². The van der Waals surface area contributed by atoms with Gasteiger partial charge in [-0.05, 0) is 16.7 Å². The number of rotatable bonds is 1. The molecule has 0 amide bonds. The van der Waals surface area contributed by atoms with Gasteiger partial charge >= 0.3 is 5.94 Å². The second kappa shape index (κ2) is 4.45. The number of ether oxygens (including phenoxy) is 1. The Morgan fingerprint density at radius 1 is 0.950 bits per heavy atom. The van der Waals surface area contributed by atoms with Crippen LogP contribution in [0.5, 0.6) is 0 Å². The molecule has 1 saturated heterocycles. The third-order valence-electron chi connectivity index (χ3n) is 4.17. The van der Waals surface area contributed by atoms with E-state index in [9.17, 15) is 0 Å². The second-order valence-corrected chi connectivity index (χ2v) is 5.22. The van der Waals surface area contributed by atoms with Crippen molar-refractivity contribution in [3.63, 3.8) is 0 Å². The largest absolute Gasteiger partial charge is 0.359 e. The van der Waals surface area contributed by atoms with Crippen LogP contribution in [0.15, 0.2) is 60.2 Å². The van der Waals surface area contributed by atoms with Crippen molar-refractivity contribution >= 4 is 5.94 Å². The number of benzene rings is 2. The van der Waals surface area contributed by atoms with Crippen LogP contribution < -0.4 is 0 Å². The Balaban J connectivity index is 1.91. The molecule has 0 aliphatic carbocycles. The molecule has 0 N–H and O–H groups in total. The standard InChI is InChI=1S/C18H15O2/c1-19-11-15-16(12-7-3-2-4-8-12)18-14-10-6-5-9-13(14)17(15)20-18/h2-10,16-18H,1H3/q+1. The maximum absolute atomic E-state index is 6.20. The first-order valence-corrected chi connectivity index (χ1v) is 6.85. The quantitative estimate of drug-likeness (QED) is 0.569. The van der Waals surface area contributed by atoms with Gasteiger partial charge in [0.05, 0.1) is 12.0 Å². The molecule has 3 atom stereocenters. The van der Waals surface area contributed by atoms with Gasteiger partial charge < -0.3 is 4.74 Å². The SMILES string of the molecule is C[O+]=C=C1C2OC(c3ccccc32)C1c1ccccc1. The van der Waals surface area contributed by atoms with E-state index in [0.29, 0.717) is 0 Å². The second-order valence-electron chi connectivity index (χ2n) is 5.22. The van der Waals surface area contributed by atoms with E-state index < -0.39 is 0 Å². The van der Waals surface area contributed by atoms with E-state index in [-0.39, 0.29) is 18.1 Å². The van der Waals surface area contributed by atoms with Crippen molar-refractivity contribution < 1.29 is 9.16 Å². The fourth-order valence-corrected chi connectivity index (χ4v) is 3.38. The lowest BCUT2D eigenvalue weighted by molar-refractivity contribution is 0.0730. The van der Waals surface area contributed by atoms with Crippen LogP contribution in [0.3, 0.4) is 0 Å². The normalized spacial score (nSPS) is 26.2. The molecule has 98 valence electrons. The molecule has 2 aromatic rings. The Hall–Kier alpha value is -2.15. The molecular weight excluding hydrogens is 248 g/mol. The van der Waals surface area contributed by atoms with E-state index in [2.05, 4.69) is 54.5 Å². The lowest BCUT2D eigenvalue weighted by atomic mass is 9.77. The highest BCUT2D eigenvalue weighted by atomic mass is 16.5. The number of fused-ring (bicyclic) bond motifs is 5. The van der Waals surface area contributed by atoms with E-state index in [4.69, 9.17) is 9.16 Å². The van der Waals surface area contributed by atoms with E-state index >= 15 is 0 Å². The van der Waals surface area contributed by atoms with Crippen molar-refractivity contribution in [3.05, 3.63) is 76.9 Å². The first-order valence-electron chi connectivity index (χ1n) is 6.85. The fraction of sp³-hybridized carbons (Fsp3) is 0.222. The van der Waals surface area contributed by atoms with Gasteiger partial charge in [0, 0.05) is 0 Å². The van der Waals surface area contributed by atoms with Crippen molar-refractivity contribution in [2.45, 2.75) is 18.1 Å². The molecule has 2 heteroatoms. The Bertz CT molecular complexity index is 711. The smallest absolute Gasteiger partial charge is 0.347 e. The van der Waals surface area contributed by atoms with Crippen LogP contribution in [-0.2, 0) is 9.16 Å². The molecule has 2 nitrogen and oxygen atoms in total. The highest BCUT2D eigenvalue weighted by Crippen LogP contribution is 2.59. The molecule has 2 aliphatic rings.